The van der Waals surface area contributed by atoms with Gasteiger partial charge in [-0.3, -0.25) is 4.79 Å². The first kappa shape index (κ1) is 14.6. The van der Waals surface area contributed by atoms with Crippen LogP contribution in [0.25, 0.3) is 0 Å². The van der Waals surface area contributed by atoms with Crippen LogP contribution in [0.1, 0.15) is 13.8 Å². The van der Waals surface area contributed by atoms with Crippen molar-refractivity contribution in [2.24, 2.45) is 5.73 Å². The van der Waals surface area contributed by atoms with E-state index in [0.717, 1.165) is 0 Å². The van der Waals surface area contributed by atoms with Crippen molar-refractivity contribution in [1.82, 2.24) is 9.80 Å². The molecule has 7 nitrogen and oxygen atoms in total. The minimum Gasteiger partial charge on any atom is -0.480 e. The van der Waals surface area contributed by atoms with E-state index in [1.165, 1.54) is 21.6 Å². The zero-order valence-corrected chi connectivity index (χ0v) is 11.1. The molecule has 0 aromatic carbocycles. The van der Waals surface area contributed by atoms with Crippen LogP contribution in [0.3, 0.4) is 0 Å². The molecule has 0 aromatic heterocycles. The molecule has 1 aliphatic rings. The summed E-state index contributed by atoms with van der Waals surface area (Å²) in [5.41, 5.74) is 5.09. The molecule has 0 aliphatic carbocycles. The van der Waals surface area contributed by atoms with Crippen LogP contribution in [-0.2, 0) is 9.59 Å². The van der Waals surface area contributed by atoms with E-state index in [1.807, 2.05) is 0 Å². The van der Waals surface area contributed by atoms with Gasteiger partial charge >= 0.3 is 12.0 Å². The number of nitrogens with zero attached hydrogens (tertiary/aromatic N) is 2. The summed E-state index contributed by atoms with van der Waals surface area (Å²) >= 11 is 1.38. The van der Waals surface area contributed by atoms with E-state index < -0.39 is 23.9 Å². The molecule has 0 spiro atoms. The lowest BCUT2D eigenvalue weighted by atomic mass is 10.3. The highest BCUT2D eigenvalue weighted by atomic mass is 32.2. The highest BCUT2D eigenvalue weighted by Gasteiger charge is 2.37. The molecule has 0 radical (unpaired) electrons. The molecule has 1 saturated heterocycles. The number of hydrogen-bond acceptors (Lipinski definition) is 4. The third-order valence-electron chi connectivity index (χ3n) is 2.61. The van der Waals surface area contributed by atoms with Crippen LogP contribution in [-0.4, -0.2) is 63.1 Å². The number of carboxylic acids is 1. The van der Waals surface area contributed by atoms with E-state index in [1.54, 1.807) is 13.8 Å². The lowest BCUT2D eigenvalue weighted by molar-refractivity contribution is -0.141. The van der Waals surface area contributed by atoms with Crippen molar-refractivity contribution in [2.75, 3.05) is 18.2 Å². The van der Waals surface area contributed by atoms with Crippen molar-refractivity contribution in [2.45, 2.75) is 25.9 Å². The number of thioether (sulfide) groups is 1. The molecule has 0 unspecified atom stereocenters. The maximum absolute atomic E-state index is 12.2. The van der Waals surface area contributed by atoms with Gasteiger partial charge in [-0.05, 0) is 13.8 Å². The quantitative estimate of drug-likeness (QED) is 0.737. The summed E-state index contributed by atoms with van der Waals surface area (Å²) in [5.74, 6) is -0.964. The summed E-state index contributed by atoms with van der Waals surface area (Å²) in [7, 11) is 0. The Morgan fingerprint density at radius 1 is 1.50 bits per heavy atom. The van der Waals surface area contributed by atoms with Crippen LogP contribution >= 0.6 is 11.8 Å². The fourth-order valence-corrected chi connectivity index (χ4v) is 2.78. The Morgan fingerprint density at radius 3 is 2.56 bits per heavy atom. The Morgan fingerprint density at radius 2 is 2.11 bits per heavy atom. The van der Waals surface area contributed by atoms with E-state index >= 15 is 0 Å². The largest absolute Gasteiger partial charge is 0.480 e. The Bertz CT molecular complexity index is 357. The van der Waals surface area contributed by atoms with E-state index in [2.05, 4.69) is 0 Å². The number of aliphatic carboxylic acids is 1. The van der Waals surface area contributed by atoms with Gasteiger partial charge in [-0.25, -0.2) is 9.59 Å². The molecule has 8 heteroatoms. The molecule has 1 heterocycles. The number of rotatable bonds is 4. The summed E-state index contributed by atoms with van der Waals surface area (Å²) in [5, 5.41) is 9.02. The number of primary amides is 1. The second-order valence-corrected chi connectivity index (χ2v) is 5.29. The van der Waals surface area contributed by atoms with Crippen molar-refractivity contribution in [1.29, 1.82) is 0 Å². The summed E-state index contributed by atoms with van der Waals surface area (Å²) in [6, 6.07) is -1.51. The van der Waals surface area contributed by atoms with Gasteiger partial charge < -0.3 is 20.6 Å². The predicted molar refractivity (Wildman–Crippen MR) is 67.0 cm³/mol. The van der Waals surface area contributed by atoms with Crippen molar-refractivity contribution in [3.63, 3.8) is 0 Å². The summed E-state index contributed by atoms with van der Waals surface area (Å²) in [4.78, 5) is 36.7. The molecule has 1 rings (SSSR count). The monoisotopic (exact) mass is 275 g/mol. The summed E-state index contributed by atoms with van der Waals surface area (Å²) in [6.07, 6.45) is 0. The topological polar surface area (TPSA) is 104 Å². The van der Waals surface area contributed by atoms with Crippen molar-refractivity contribution < 1.29 is 19.5 Å². The smallest absolute Gasteiger partial charge is 0.327 e. The van der Waals surface area contributed by atoms with Crippen molar-refractivity contribution in [3.8, 4) is 0 Å². The zero-order valence-electron chi connectivity index (χ0n) is 10.3. The van der Waals surface area contributed by atoms with Crippen molar-refractivity contribution >= 4 is 29.7 Å². The average molecular weight is 275 g/mol. The Hall–Kier alpha value is -1.44. The van der Waals surface area contributed by atoms with E-state index in [0.29, 0.717) is 11.6 Å². The van der Waals surface area contributed by atoms with Crippen LogP contribution in [0, 0.1) is 0 Å². The molecule has 3 N–H and O–H groups in total. The molecule has 1 atom stereocenters. The molecule has 1 fully saturated rings. The second-order valence-electron chi connectivity index (χ2n) is 4.29. The fraction of sp³-hybridized carbons (Fsp3) is 0.700. The standard InChI is InChI=1S/C10H17N3O4S/c1-6(2)12(3-8(11)14)10(17)13-5-18-4-7(13)9(15)16/h6-7H,3-5H2,1-2H3,(H2,11,14)(H,15,16)/t7-/m0/s1. The van der Waals surface area contributed by atoms with Gasteiger partial charge in [0.2, 0.25) is 5.91 Å². The zero-order chi connectivity index (χ0) is 13.9. The van der Waals surface area contributed by atoms with Gasteiger partial charge in [-0.1, -0.05) is 0 Å². The first-order valence-electron chi connectivity index (χ1n) is 5.50. The summed E-state index contributed by atoms with van der Waals surface area (Å²) in [6.45, 7) is 3.30. The van der Waals surface area contributed by atoms with Crippen LogP contribution in [0.4, 0.5) is 4.79 Å². The highest BCUT2D eigenvalue weighted by molar-refractivity contribution is 7.99. The van der Waals surface area contributed by atoms with Gasteiger partial charge in [0.05, 0.1) is 5.88 Å². The van der Waals surface area contributed by atoms with Crippen LogP contribution in [0.2, 0.25) is 0 Å². The van der Waals surface area contributed by atoms with Gasteiger partial charge in [-0.15, -0.1) is 11.8 Å². The van der Waals surface area contributed by atoms with Gasteiger partial charge in [0.25, 0.3) is 0 Å². The molecule has 3 amide bonds. The molecule has 0 bridgehead atoms. The molecular weight excluding hydrogens is 258 g/mol. The third-order valence-corrected chi connectivity index (χ3v) is 3.62. The lowest BCUT2D eigenvalue weighted by Crippen LogP contribution is -2.52. The minimum absolute atomic E-state index is 0.204. The number of hydrogen-bond donors (Lipinski definition) is 2. The first-order valence-corrected chi connectivity index (χ1v) is 6.66. The third kappa shape index (κ3) is 3.28. The first-order chi connectivity index (χ1) is 8.34. The number of urea groups is 1. The molecule has 18 heavy (non-hydrogen) atoms. The number of carbonyl (C=O) groups excluding carboxylic acids is 2. The van der Waals surface area contributed by atoms with Crippen LogP contribution < -0.4 is 5.73 Å². The number of amides is 3. The Kier molecular flexibility index (Phi) is 4.83. The predicted octanol–water partition coefficient (Wildman–Crippen LogP) is -0.238. The van der Waals surface area contributed by atoms with E-state index in [-0.39, 0.29) is 12.6 Å². The van der Waals surface area contributed by atoms with Gasteiger partial charge in [0.15, 0.2) is 0 Å². The normalized spacial score (nSPS) is 19.1. The molecule has 0 saturated carbocycles. The maximum Gasteiger partial charge on any atom is 0.327 e. The SMILES string of the molecule is CC(C)N(CC(N)=O)C(=O)N1CSC[C@H]1C(=O)O. The Labute approximate surface area is 109 Å². The van der Waals surface area contributed by atoms with Crippen molar-refractivity contribution in [3.05, 3.63) is 0 Å². The Balaban J connectivity index is 2.82. The average Bonchev–Trinajstić information content (AvgIpc) is 2.73. The molecule has 1 aliphatic heterocycles. The van der Waals surface area contributed by atoms with E-state index in [4.69, 9.17) is 10.8 Å². The van der Waals surface area contributed by atoms with Crippen LogP contribution in [0.15, 0.2) is 0 Å². The maximum atomic E-state index is 12.2. The van der Waals surface area contributed by atoms with Gasteiger partial charge in [0.1, 0.15) is 12.6 Å². The molecule has 102 valence electrons. The second kappa shape index (κ2) is 5.94. The lowest BCUT2D eigenvalue weighted by Gasteiger charge is -2.31. The molecule has 0 aromatic rings. The minimum atomic E-state index is -1.03. The number of carbonyl (C=O) groups is 3. The molecular formula is C10H17N3O4S. The van der Waals surface area contributed by atoms with E-state index in [9.17, 15) is 14.4 Å². The number of carboxylic acid groups (broad SMARTS) is 1. The van der Waals surface area contributed by atoms with Crippen LogP contribution in [0.5, 0.6) is 0 Å². The van der Waals surface area contributed by atoms with Gasteiger partial charge in [0, 0.05) is 11.8 Å². The number of nitrogens with two attached hydrogens (primary N) is 1. The highest BCUT2D eigenvalue weighted by Crippen LogP contribution is 2.23. The fourth-order valence-electron chi connectivity index (χ4n) is 1.64. The summed E-state index contributed by atoms with van der Waals surface area (Å²) < 4.78 is 0. The van der Waals surface area contributed by atoms with Gasteiger partial charge in [-0.2, -0.15) is 0 Å².